The van der Waals surface area contributed by atoms with Crippen molar-refractivity contribution in [2.75, 3.05) is 20.3 Å². The Morgan fingerprint density at radius 3 is 2.52 bits per heavy atom. The quantitative estimate of drug-likeness (QED) is 0.589. The molecule has 2 atom stereocenters. The highest BCUT2D eigenvalue weighted by molar-refractivity contribution is 6.30. The third-order valence-corrected chi connectivity index (χ3v) is 4.60. The lowest BCUT2D eigenvalue weighted by Crippen LogP contribution is -2.42. The molecule has 0 aromatic heterocycles. The summed E-state index contributed by atoms with van der Waals surface area (Å²) in [4.78, 5) is 37.6. The Hall–Kier alpha value is -2.08. The first-order valence-corrected chi connectivity index (χ1v) is 8.62. The summed E-state index contributed by atoms with van der Waals surface area (Å²) in [7, 11) is 1.33. The molecule has 0 saturated carbocycles. The van der Waals surface area contributed by atoms with Gasteiger partial charge in [-0.15, -0.1) is 0 Å². The fourth-order valence-corrected chi connectivity index (χ4v) is 3.22. The lowest BCUT2D eigenvalue weighted by Gasteiger charge is -2.38. The number of carbonyl (C=O) groups excluding carboxylic acids is 3. The predicted octanol–water partition coefficient (Wildman–Crippen LogP) is 3.38. The average Bonchev–Trinajstić information content (AvgIpc) is 2.61. The van der Waals surface area contributed by atoms with Crippen LogP contribution in [0.5, 0.6) is 0 Å². The molecule has 0 bridgehead atoms. The minimum Gasteiger partial charge on any atom is -0.466 e. The second-order valence-corrected chi connectivity index (χ2v) is 6.34. The number of ketones is 1. The summed E-state index contributed by atoms with van der Waals surface area (Å²) in [5, 5.41) is 0.596. The van der Waals surface area contributed by atoms with Gasteiger partial charge >= 0.3 is 12.1 Å². The summed E-state index contributed by atoms with van der Waals surface area (Å²) in [5.41, 5.74) is 0.878. The maximum absolute atomic E-state index is 12.4. The van der Waals surface area contributed by atoms with Crippen molar-refractivity contribution >= 4 is 29.4 Å². The molecule has 1 aromatic carbocycles. The van der Waals surface area contributed by atoms with Gasteiger partial charge in [0.25, 0.3) is 0 Å². The minimum atomic E-state index is -0.508. The minimum absolute atomic E-state index is 0.151. The SMILES string of the molecule is CCOC(=O)CC(=O)[C@@H]1CCN(C(=O)OC)[C@@H](c2ccc(Cl)cc2)C1. The molecule has 25 heavy (non-hydrogen) atoms. The van der Waals surface area contributed by atoms with Crippen LogP contribution in [0.2, 0.25) is 5.02 Å². The number of benzene rings is 1. The number of likely N-dealkylation sites (tertiary alicyclic amines) is 1. The zero-order valence-corrected chi connectivity index (χ0v) is 15.1. The van der Waals surface area contributed by atoms with Crippen LogP contribution < -0.4 is 0 Å². The number of rotatable bonds is 5. The van der Waals surface area contributed by atoms with Crippen molar-refractivity contribution in [1.82, 2.24) is 4.90 Å². The topological polar surface area (TPSA) is 72.9 Å². The van der Waals surface area contributed by atoms with Gasteiger partial charge in [0.05, 0.1) is 19.8 Å². The van der Waals surface area contributed by atoms with E-state index in [-0.39, 0.29) is 30.8 Å². The maximum Gasteiger partial charge on any atom is 0.409 e. The number of hydrogen-bond donors (Lipinski definition) is 0. The van der Waals surface area contributed by atoms with Crippen LogP contribution in [0, 0.1) is 5.92 Å². The fraction of sp³-hybridized carbons (Fsp3) is 0.500. The number of piperidine rings is 1. The van der Waals surface area contributed by atoms with Crippen molar-refractivity contribution in [3.8, 4) is 0 Å². The Balaban J connectivity index is 2.15. The first-order chi connectivity index (χ1) is 12.0. The van der Waals surface area contributed by atoms with Gasteiger partial charge in [-0.3, -0.25) is 9.59 Å². The number of nitrogens with zero attached hydrogens (tertiary/aromatic N) is 1. The van der Waals surface area contributed by atoms with Crippen molar-refractivity contribution in [2.45, 2.75) is 32.2 Å². The molecule has 1 aliphatic rings. The summed E-state index contributed by atoms with van der Waals surface area (Å²) in [5.74, 6) is -0.959. The summed E-state index contributed by atoms with van der Waals surface area (Å²) >= 11 is 5.93. The van der Waals surface area contributed by atoms with E-state index >= 15 is 0 Å². The zero-order chi connectivity index (χ0) is 18.4. The van der Waals surface area contributed by atoms with Crippen LogP contribution in [0.4, 0.5) is 4.79 Å². The largest absolute Gasteiger partial charge is 0.466 e. The molecular weight excluding hydrogens is 346 g/mol. The van der Waals surface area contributed by atoms with E-state index in [0.29, 0.717) is 24.4 Å². The lowest BCUT2D eigenvalue weighted by atomic mass is 9.84. The molecule has 1 fully saturated rings. The molecule has 1 aliphatic heterocycles. The van der Waals surface area contributed by atoms with Crippen molar-refractivity contribution in [1.29, 1.82) is 0 Å². The third kappa shape index (κ3) is 4.95. The van der Waals surface area contributed by atoms with E-state index in [2.05, 4.69) is 0 Å². The Morgan fingerprint density at radius 1 is 1.24 bits per heavy atom. The first kappa shape index (κ1) is 19.2. The van der Waals surface area contributed by atoms with E-state index in [1.807, 2.05) is 12.1 Å². The molecule has 1 amide bonds. The van der Waals surface area contributed by atoms with E-state index in [1.165, 1.54) is 7.11 Å². The van der Waals surface area contributed by atoms with E-state index in [9.17, 15) is 14.4 Å². The highest BCUT2D eigenvalue weighted by Gasteiger charge is 2.36. The molecule has 0 N–H and O–H groups in total. The van der Waals surface area contributed by atoms with Gasteiger partial charge in [-0.25, -0.2) is 4.79 Å². The van der Waals surface area contributed by atoms with Crippen molar-refractivity contribution in [2.24, 2.45) is 5.92 Å². The first-order valence-electron chi connectivity index (χ1n) is 8.24. The number of hydrogen-bond acceptors (Lipinski definition) is 5. The number of carbonyl (C=O) groups is 3. The smallest absolute Gasteiger partial charge is 0.409 e. The van der Waals surface area contributed by atoms with Gasteiger partial charge in [0.2, 0.25) is 0 Å². The molecule has 6 nitrogen and oxygen atoms in total. The molecule has 0 unspecified atom stereocenters. The number of esters is 1. The Morgan fingerprint density at radius 2 is 1.92 bits per heavy atom. The molecule has 0 aliphatic carbocycles. The summed E-state index contributed by atoms with van der Waals surface area (Å²) in [6.07, 6.45) is 0.271. The van der Waals surface area contributed by atoms with Crippen LogP contribution in [0.1, 0.15) is 37.8 Å². The summed E-state index contributed by atoms with van der Waals surface area (Å²) in [6, 6.07) is 6.87. The molecular formula is C18H22ClNO5. The van der Waals surface area contributed by atoms with Crippen LogP contribution in [0.3, 0.4) is 0 Å². The molecule has 0 radical (unpaired) electrons. The van der Waals surface area contributed by atoms with Crippen molar-refractivity contribution in [3.63, 3.8) is 0 Å². The van der Waals surface area contributed by atoms with E-state index in [0.717, 1.165) is 5.56 Å². The second kappa shape index (κ2) is 8.85. The van der Waals surface area contributed by atoms with Gasteiger partial charge in [-0.1, -0.05) is 23.7 Å². The second-order valence-electron chi connectivity index (χ2n) is 5.90. The monoisotopic (exact) mass is 367 g/mol. The molecule has 136 valence electrons. The Kier molecular flexibility index (Phi) is 6.82. The number of halogens is 1. The fourth-order valence-electron chi connectivity index (χ4n) is 3.09. The molecule has 0 spiro atoms. The number of amides is 1. The molecule has 7 heteroatoms. The van der Waals surface area contributed by atoms with E-state index < -0.39 is 12.1 Å². The summed E-state index contributed by atoms with van der Waals surface area (Å²) in [6.45, 7) is 2.34. The Labute approximate surface area is 152 Å². The number of ether oxygens (including phenoxy) is 2. The number of Topliss-reactive ketones (excluding diaryl/α,β-unsaturated/α-hetero) is 1. The van der Waals surface area contributed by atoms with Crippen LogP contribution in [0.25, 0.3) is 0 Å². The Bertz CT molecular complexity index is 631. The van der Waals surface area contributed by atoms with Crippen LogP contribution in [-0.4, -0.2) is 43.0 Å². The van der Waals surface area contributed by atoms with Gasteiger partial charge in [0.15, 0.2) is 0 Å². The van der Waals surface area contributed by atoms with Crippen LogP contribution in [0.15, 0.2) is 24.3 Å². The van der Waals surface area contributed by atoms with Gasteiger partial charge in [-0.05, 0) is 37.5 Å². The molecule has 2 rings (SSSR count). The van der Waals surface area contributed by atoms with Crippen LogP contribution >= 0.6 is 11.6 Å². The van der Waals surface area contributed by atoms with Gasteiger partial charge in [0.1, 0.15) is 12.2 Å². The van der Waals surface area contributed by atoms with E-state index in [4.69, 9.17) is 21.1 Å². The summed E-state index contributed by atoms with van der Waals surface area (Å²) < 4.78 is 9.71. The highest BCUT2D eigenvalue weighted by Crippen LogP contribution is 2.36. The average molecular weight is 368 g/mol. The van der Waals surface area contributed by atoms with Crippen molar-refractivity contribution in [3.05, 3.63) is 34.9 Å². The standard InChI is InChI=1S/C18H22ClNO5/c1-3-25-17(22)11-16(21)13-8-9-20(18(23)24-2)15(10-13)12-4-6-14(19)7-5-12/h4-7,13,15H,3,8-11H2,1-2H3/t13-,15-/m1/s1. The highest BCUT2D eigenvalue weighted by atomic mass is 35.5. The third-order valence-electron chi connectivity index (χ3n) is 4.35. The van der Waals surface area contributed by atoms with Crippen molar-refractivity contribution < 1.29 is 23.9 Å². The lowest BCUT2D eigenvalue weighted by molar-refractivity contribution is -0.146. The molecule has 1 saturated heterocycles. The molecule has 1 heterocycles. The van der Waals surface area contributed by atoms with Gasteiger partial charge in [-0.2, -0.15) is 0 Å². The number of methoxy groups -OCH3 is 1. The maximum atomic E-state index is 12.4. The van der Waals surface area contributed by atoms with Crippen LogP contribution in [-0.2, 0) is 19.1 Å². The normalized spacial score (nSPS) is 20.0. The van der Waals surface area contributed by atoms with Gasteiger partial charge < -0.3 is 14.4 Å². The van der Waals surface area contributed by atoms with Gasteiger partial charge in [0, 0.05) is 17.5 Å². The zero-order valence-electron chi connectivity index (χ0n) is 14.4. The predicted molar refractivity (Wildman–Crippen MR) is 92.3 cm³/mol. The molecule has 1 aromatic rings. The van der Waals surface area contributed by atoms with E-state index in [1.54, 1.807) is 24.0 Å².